The predicted octanol–water partition coefficient (Wildman–Crippen LogP) is 1.89. The summed E-state index contributed by atoms with van der Waals surface area (Å²) >= 11 is 0. The van der Waals surface area contributed by atoms with Crippen LogP contribution in [0.15, 0.2) is 29.3 Å². The summed E-state index contributed by atoms with van der Waals surface area (Å²) in [5.74, 6) is 0.140. The summed E-state index contributed by atoms with van der Waals surface area (Å²) in [6.45, 7) is 0.428. The van der Waals surface area contributed by atoms with Gasteiger partial charge in [0.25, 0.3) is 0 Å². The first-order valence-electron chi connectivity index (χ1n) is 5.25. The zero-order valence-corrected chi connectivity index (χ0v) is 9.61. The molecule has 1 aliphatic rings. The molecule has 1 heterocycles. The van der Waals surface area contributed by atoms with Crippen molar-refractivity contribution in [1.82, 2.24) is 4.90 Å². The second kappa shape index (κ2) is 4.40. The van der Waals surface area contributed by atoms with Gasteiger partial charge in [-0.05, 0) is 17.7 Å². The Morgan fingerprint density at radius 3 is 2.72 bits per heavy atom. The van der Waals surface area contributed by atoms with Crippen molar-refractivity contribution in [3.8, 4) is 5.75 Å². The minimum atomic E-state index is -4.68. The van der Waals surface area contributed by atoms with E-state index in [1.807, 2.05) is 0 Å². The lowest BCUT2D eigenvalue weighted by Gasteiger charge is -2.22. The third-order valence-corrected chi connectivity index (χ3v) is 2.73. The topological polar surface area (TPSA) is 50.8 Å². The molecule has 2 N–H and O–H groups in total. The number of likely N-dealkylation sites (N-methyl/N-ethyl adjacent to an activating group) is 1. The van der Waals surface area contributed by atoms with Crippen LogP contribution in [-0.2, 0) is 0 Å². The molecule has 0 radical (unpaired) electrons. The normalized spacial score (nSPS) is 19.9. The lowest BCUT2D eigenvalue weighted by molar-refractivity contribution is -0.274. The molecule has 0 aliphatic carbocycles. The molecule has 1 unspecified atom stereocenters. The Balaban J connectivity index is 2.18. The molecular formula is C11H12F3N3O. The number of ether oxygens (including phenoxy) is 1. The summed E-state index contributed by atoms with van der Waals surface area (Å²) < 4.78 is 40.2. The van der Waals surface area contributed by atoms with Crippen molar-refractivity contribution < 1.29 is 17.9 Å². The summed E-state index contributed by atoms with van der Waals surface area (Å²) in [6.07, 6.45) is -4.68. The Kier molecular flexibility index (Phi) is 3.06. The van der Waals surface area contributed by atoms with Crippen LogP contribution in [0.1, 0.15) is 11.6 Å². The molecule has 0 saturated heterocycles. The van der Waals surface area contributed by atoms with Crippen molar-refractivity contribution in [2.24, 2.45) is 10.7 Å². The Bertz CT molecular complexity index is 473. The number of rotatable bonds is 2. The summed E-state index contributed by atoms with van der Waals surface area (Å²) in [6, 6.07) is 5.69. The van der Waals surface area contributed by atoms with Crippen LogP contribution in [0.4, 0.5) is 13.2 Å². The number of halogens is 3. The van der Waals surface area contributed by atoms with E-state index in [0.29, 0.717) is 18.1 Å². The lowest BCUT2D eigenvalue weighted by atomic mass is 10.1. The molecule has 1 aliphatic heterocycles. The fraction of sp³-hybridized carbons (Fsp3) is 0.364. The summed E-state index contributed by atoms with van der Waals surface area (Å²) in [7, 11) is 1.74. The monoisotopic (exact) mass is 259 g/mol. The highest BCUT2D eigenvalue weighted by Gasteiger charge is 2.31. The molecule has 18 heavy (non-hydrogen) atoms. The van der Waals surface area contributed by atoms with E-state index in [1.165, 1.54) is 18.2 Å². The van der Waals surface area contributed by atoms with Crippen molar-refractivity contribution in [2.45, 2.75) is 12.4 Å². The first kappa shape index (κ1) is 12.5. The van der Waals surface area contributed by atoms with Crippen LogP contribution in [0, 0.1) is 0 Å². The molecule has 1 atom stereocenters. The van der Waals surface area contributed by atoms with E-state index >= 15 is 0 Å². The van der Waals surface area contributed by atoms with Crippen molar-refractivity contribution in [3.05, 3.63) is 29.8 Å². The maximum Gasteiger partial charge on any atom is 0.573 e. The minimum absolute atomic E-state index is 0.151. The van der Waals surface area contributed by atoms with Crippen LogP contribution < -0.4 is 10.5 Å². The number of nitrogens with two attached hydrogens (primary N) is 1. The van der Waals surface area contributed by atoms with Gasteiger partial charge in [0, 0.05) is 7.05 Å². The first-order valence-corrected chi connectivity index (χ1v) is 5.25. The van der Waals surface area contributed by atoms with Gasteiger partial charge in [0.1, 0.15) is 5.75 Å². The van der Waals surface area contributed by atoms with Crippen LogP contribution in [0.5, 0.6) is 5.75 Å². The van der Waals surface area contributed by atoms with E-state index in [4.69, 9.17) is 5.73 Å². The second-order valence-corrected chi connectivity index (χ2v) is 3.95. The standard InChI is InChI=1S/C11H12F3N3O/c1-17-9(6-16-10(17)15)7-3-2-4-8(5-7)18-11(12,13)14/h2-5,9H,6H2,1H3,(H2,15,16). The maximum atomic E-state index is 12.1. The highest BCUT2D eigenvalue weighted by molar-refractivity contribution is 5.80. The number of guanidine groups is 1. The van der Waals surface area contributed by atoms with E-state index in [1.54, 1.807) is 18.0 Å². The first-order chi connectivity index (χ1) is 8.37. The minimum Gasteiger partial charge on any atom is -0.406 e. The van der Waals surface area contributed by atoms with Gasteiger partial charge < -0.3 is 15.4 Å². The summed E-state index contributed by atoms with van der Waals surface area (Å²) in [5.41, 5.74) is 6.29. The van der Waals surface area contributed by atoms with E-state index < -0.39 is 6.36 Å². The van der Waals surface area contributed by atoms with Crippen LogP contribution >= 0.6 is 0 Å². The van der Waals surface area contributed by atoms with Crippen LogP contribution in [0.2, 0.25) is 0 Å². The van der Waals surface area contributed by atoms with Gasteiger partial charge in [-0.1, -0.05) is 12.1 Å². The summed E-state index contributed by atoms with van der Waals surface area (Å²) in [5, 5.41) is 0. The molecular weight excluding hydrogens is 247 g/mol. The number of aliphatic imine (C=N–C) groups is 1. The third-order valence-electron chi connectivity index (χ3n) is 2.73. The van der Waals surface area contributed by atoms with Crippen molar-refractivity contribution >= 4 is 5.96 Å². The van der Waals surface area contributed by atoms with Gasteiger partial charge in [0.15, 0.2) is 5.96 Å². The number of nitrogens with zero attached hydrogens (tertiary/aromatic N) is 2. The molecule has 0 aromatic heterocycles. The molecule has 1 aromatic carbocycles. The number of alkyl halides is 3. The third kappa shape index (κ3) is 2.66. The van der Waals surface area contributed by atoms with Gasteiger partial charge in [0.05, 0.1) is 12.6 Å². The fourth-order valence-corrected chi connectivity index (χ4v) is 1.82. The molecule has 4 nitrogen and oxygen atoms in total. The van der Waals surface area contributed by atoms with Crippen molar-refractivity contribution in [1.29, 1.82) is 0 Å². The Morgan fingerprint density at radius 1 is 1.44 bits per heavy atom. The zero-order chi connectivity index (χ0) is 13.3. The van der Waals surface area contributed by atoms with Crippen LogP contribution in [0.3, 0.4) is 0 Å². The van der Waals surface area contributed by atoms with Gasteiger partial charge in [0.2, 0.25) is 0 Å². The highest BCUT2D eigenvalue weighted by atomic mass is 19.4. The molecule has 0 amide bonds. The Morgan fingerprint density at radius 2 is 2.17 bits per heavy atom. The zero-order valence-electron chi connectivity index (χ0n) is 9.61. The smallest absolute Gasteiger partial charge is 0.406 e. The molecule has 0 bridgehead atoms. The van der Waals surface area contributed by atoms with Gasteiger partial charge >= 0.3 is 6.36 Å². The van der Waals surface area contributed by atoms with Crippen molar-refractivity contribution in [3.63, 3.8) is 0 Å². The number of hydrogen-bond acceptors (Lipinski definition) is 4. The van der Waals surface area contributed by atoms with Gasteiger partial charge in [-0.25, -0.2) is 0 Å². The average molecular weight is 259 g/mol. The number of benzene rings is 1. The van der Waals surface area contributed by atoms with E-state index in [9.17, 15) is 13.2 Å². The predicted molar refractivity (Wildman–Crippen MR) is 60.1 cm³/mol. The highest BCUT2D eigenvalue weighted by Crippen LogP contribution is 2.29. The molecule has 0 spiro atoms. The molecule has 2 rings (SSSR count). The van der Waals surface area contributed by atoms with E-state index in [0.717, 1.165) is 0 Å². The van der Waals surface area contributed by atoms with E-state index in [2.05, 4.69) is 9.73 Å². The fourth-order valence-electron chi connectivity index (χ4n) is 1.82. The van der Waals surface area contributed by atoms with Gasteiger partial charge in [-0.2, -0.15) is 0 Å². The molecule has 0 fully saturated rings. The maximum absolute atomic E-state index is 12.1. The van der Waals surface area contributed by atoms with Gasteiger partial charge in [-0.3, -0.25) is 4.99 Å². The summed E-state index contributed by atoms with van der Waals surface area (Å²) in [4.78, 5) is 5.75. The average Bonchev–Trinajstić information content (AvgIpc) is 2.58. The van der Waals surface area contributed by atoms with E-state index in [-0.39, 0.29) is 11.8 Å². The SMILES string of the molecule is CN1C(N)=NCC1c1cccc(OC(F)(F)F)c1. The van der Waals surface area contributed by atoms with Crippen LogP contribution in [-0.4, -0.2) is 30.8 Å². The molecule has 98 valence electrons. The van der Waals surface area contributed by atoms with Gasteiger partial charge in [-0.15, -0.1) is 13.2 Å². The lowest BCUT2D eigenvalue weighted by Crippen LogP contribution is -2.32. The number of hydrogen-bond donors (Lipinski definition) is 1. The largest absolute Gasteiger partial charge is 0.573 e. The van der Waals surface area contributed by atoms with Crippen LogP contribution in [0.25, 0.3) is 0 Å². The molecule has 7 heteroatoms. The second-order valence-electron chi connectivity index (χ2n) is 3.95. The quantitative estimate of drug-likeness (QED) is 0.882. The van der Waals surface area contributed by atoms with Crippen molar-refractivity contribution in [2.75, 3.05) is 13.6 Å². The Labute approximate surface area is 102 Å². The Hall–Kier alpha value is -1.92. The molecule has 0 saturated carbocycles. The molecule has 1 aromatic rings.